The largest absolute Gasteiger partial charge is 0.486 e. The number of hydrogen-bond donors (Lipinski definition) is 0. The van der Waals surface area contributed by atoms with Crippen molar-refractivity contribution in [2.75, 3.05) is 19.7 Å². The van der Waals surface area contributed by atoms with Gasteiger partial charge in [0, 0.05) is 12.0 Å². The van der Waals surface area contributed by atoms with Crippen LogP contribution in [0.3, 0.4) is 0 Å². The quantitative estimate of drug-likeness (QED) is 0.508. The average molecular weight is 440 g/mol. The van der Waals surface area contributed by atoms with Crippen molar-refractivity contribution in [2.24, 2.45) is 35.5 Å². The molecule has 0 N–H and O–H groups in total. The number of fused-ring (bicyclic) bond motifs is 2. The highest BCUT2D eigenvalue weighted by Crippen LogP contribution is 2.47. The van der Waals surface area contributed by atoms with E-state index in [1.165, 1.54) is 69.3 Å². The van der Waals surface area contributed by atoms with Crippen molar-refractivity contribution in [3.63, 3.8) is 0 Å². The number of carbonyl (C=O) groups excluding carboxylic acids is 1. The van der Waals surface area contributed by atoms with Gasteiger partial charge < -0.3 is 9.64 Å². The van der Waals surface area contributed by atoms with Crippen molar-refractivity contribution < 1.29 is 13.9 Å². The lowest BCUT2D eigenvalue weighted by Gasteiger charge is -2.41. The van der Waals surface area contributed by atoms with Gasteiger partial charge in [-0.2, -0.15) is 0 Å². The third-order valence-electron chi connectivity index (χ3n) is 8.82. The summed E-state index contributed by atoms with van der Waals surface area (Å²) >= 11 is 0. The Labute approximate surface area is 192 Å². The number of ether oxygens (including phenoxy) is 1. The van der Waals surface area contributed by atoms with Gasteiger partial charge in [-0.1, -0.05) is 32.4 Å². The number of rotatable bonds is 6. The molecule has 174 valence electrons. The van der Waals surface area contributed by atoms with Crippen LogP contribution in [0, 0.1) is 35.5 Å². The molecule has 0 amide bonds. The van der Waals surface area contributed by atoms with Gasteiger partial charge in [-0.15, -0.1) is 0 Å². The predicted molar refractivity (Wildman–Crippen MR) is 125 cm³/mol. The van der Waals surface area contributed by atoms with Gasteiger partial charge >= 0.3 is 0 Å². The number of likely N-dealkylation sites (tertiary alicyclic amines) is 1. The Morgan fingerprint density at radius 3 is 2.59 bits per heavy atom. The van der Waals surface area contributed by atoms with Gasteiger partial charge in [0.2, 0.25) is 0 Å². The molecule has 32 heavy (non-hydrogen) atoms. The second-order valence-corrected chi connectivity index (χ2v) is 11.0. The molecule has 0 aromatic heterocycles. The standard InChI is InChI=1S/C28H38FNO2/c1-18-3-8-28(32-17-27(31)24-7-6-23(29)14-19(24)2)25(13-18)21-9-11-30(12-10-21)26-16-20-4-5-22(26)15-20/h3,6-8,14,18-22,24,26H,4-5,9-13,15-17H2,1-2H3/t18?,19?,20?,22?,24?,26-/m0/s1. The zero-order valence-corrected chi connectivity index (χ0v) is 19.6. The van der Waals surface area contributed by atoms with Crippen LogP contribution >= 0.6 is 0 Å². The molecule has 5 aliphatic rings. The lowest BCUT2D eigenvalue weighted by Crippen LogP contribution is -2.44. The number of hydrogen-bond acceptors (Lipinski definition) is 3. The van der Waals surface area contributed by atoms with E-state index in [4.69, 9.17) is 4.74 Å². The first-order valence-electron chi connectivity index (χ1n) is 12.8. The Balaban J connectivity index is 1.20. The first-order chi connectivity index (χ1) is 15.5. The molecule has 4 aliphatic carbocycles. The SMILES string of the molecule is CC1C=CC(OCC(=O)C2C=CC(F)=CC2C)=C(C2CCN([C@H]3CC4CCC3C4)CC2)C1. The Morgan fingerprint density at radius 1 is 1.09 bits per heavy atom. The highest BCUT2D eigenvalue weighted by Gasteiger charge is 2.43. The molecule has 0 aromatic rings. The molecule has 0 radical (unpaired) electrons. The van der Waals surface area contributed by atoms with E-state index in [-0.39, 0.29) is 30.1 Å². The Bertz CT molecular complexity index is 847. The Hall–Kier alpha value is -1.68. The van der Waals surface area contributed by atoms with Crippen molar-refractivity contribution in [1.29, 1.82) is 0 Å². The van der Waals surface area contributed by atoms with E-state index in [1.54, 1.807) is 6.08 Å². The van der Waals surface area contributed by atoms with Crippen LogP contribution in [0.1, 0.15) is 58.8 Å². The van der Waals surface area contributed by atoms with Crippen LogP contribution in [0.15, 0.2) is 47.5 Å². The number of allylic oxidation sites excluding steroid dienone is 7. The van der Waals surface area contributed by atoms with Gasteiger partial charge in [0.05, 0.1) is 0 Å². The molecule has 2 bridgehead atoms. The minimum atomic E-state index is -0.296. The summed E-state index contributed by atoms with van der Waals surface area (Å²) in [6, 6.07) is 0.839. The lowest BCUT2D eigenvalue weighted by molar-refractivity contribution is -0.125. The van der Waals surface area contributed by atoms with Crippen molar-refractivity contribution in [1.82, 2.24) is 4.90 Å². The van der Waals surface area contributed by atoms with Crippen LogP contribution in [0.25, 0.3) is 0 Å². The van der Waals surface area contributed by atoms with Gasteiger partial charge in [-0.25, -0.2) is 4.39 Å². The molecule has 1 aliphatic heterocycles. The van der Waals surface area contributed by atoms with Gasteiger partial charge in [0.15, 0.2) is 5.78 Å². The normalized spacial score (nSPS) is 37.8. The van der Waals surface area contributed by atoms with Crippen molar-refractivity contribution in [3.8, 4) is 0 Å². The van der Waals surface area contributed by atoms with E-state index in [0.717, 1.165) is 30.1 Å². The van der Waals surface area contributed by atoms with Crippen LogP contribution in [-0.2, 0) is 9.53 Å². The zero-order valence-electron chi connectivity index (χ0n) is 19.6. The molecule has 0 spiro atoms. The summed E-state index contributed by atoms with van der Waals surface area (Å²) in [6.45, 7) is 6.63. The third-order valence-corrected chi connectivity index (χ3v) is 8.82. The molecular weight excluding hydrogens is 401 g/mol. The Kier molecular flexibility index (Phi) is 6.42. The van der Waals surface area contributed by atoms with E-state index < -0.39 is 0 Å². The van der Waals surface area contributed by atoms with Gasteiger partial charge in [-0.3, -0.25) is 4.79 Å². The molecule has 0 aromatic carbocycles. The van der Waals surface area contributed by atoms with Gasteiger partial charge in [0.1, 0.15) is 18.2 Å². The smallest absolute Gasteiger partial charge is 0.177 e. The fourth-order valence-corrected chi connectivity index (χ4v) is 7.05. The van der Waals surface area contributed by atoms with E-state index in [2.05, 4.69) is 24.0 Å². The van der Waals surface area contributed by atoms with E-state index in [1.807, 2.05) is 6.92 Å². The van der Waals surface area contributed by atoms with Crippen LogP contribution in [-0.4, -0.2) is 36.4 Å². The lowest BCUT2D eigenvalue weighted by atomic mass is 9.80. The summed E-state index contributed by atoms with van der Waals surface area (Å²) in [6.07, 6.45) is 18.2. The number of piperidine rings is 1. The Morgan fingerprint density at radius 2 is 1.91 bits per heavy atom. The summed E-state index contributed by atoms with van der Waals surface area (Å²) < 4.78 is 19.6. The van der Waals surface area contributed by atoms with E-state index in [0.29, 0.717) is 11.8 Å². The summed E-state index contributed by atoms with van der Waals surface area (Å²) in [5, 5.41) is 0. The highest BCUT2D eigenvalue weighted by atomic mass is 19.1. The average Bonchev–Trinajstić information content (AvgIpc) is 3.42. The number of carbonyl (C=O) groups is 1. The molecule has 1 heterocycles. The summed E-state index contributed by atoms with van der Waals surface area (Å²) in [5.41, 5.74) is 1.42. The minimum Gasteiger partial charge on any atom is -0.486 e. The van der Waals surface area contributed by atoms with Crippen LogP contribution < -0.4 is 0 Å². The maximum absolute atomic E-state index is 13.4. The first-order valence-corrected chi connectivity index (χ1v) is 12.8. The maximum Gasteiger partial charge on any atom is 0.177 e. The number of halogens is 1. The second-order valence-electron chi connectivity index (χ2n) is 11.0. The molecule has 2 saturated carbocycles. The molecule has 3 fully saturated rings. The molecule has 3 nitrogen and oxygen atoms in total. The van der Waals surface area contributed by atoms with Crippen molar-refractivity contribution in [3.05, 3.63) is 47.5 Å². The molecule has 6 atom stereocenters. The molecule has 5 unspecified atom stereocenters. The summed E-state index contributed by atoms with van der Waals surface area (Å²) in [4.78, 5) is 15.6. The summed E-state index contributed by atoms with van der Waals surface area (Å²) in [7, 11) is 0. The van der Waals surface area contributed by atoms with E-state index >= 15 is 0 Å². The minimum absolute atomic E-state index is 0.0301. The molecule has 4 heteroatoms. The highest BCUT2D eigenvalue weighted by molar-refractivity contribution is 5.84. The number of Topliss-reactive ketones (excluding diaryl/α,β-unsaturated/α-hetero) is 1. The van der Waals surface area contributed by atoms with Gasteiger partial charge in [-0.05, 0) is 105 Å². The van der Waals surface area contributed by atoms with Crippen LogP contribution in [0.4, 0.5) is 4.39 Å². The van der Waals surface area contributed by atoms with Crippen LogP contribution in [0.2, 0.25) is 0 Å². The zero-order chi connectivity index (χ0) is 22.2. The predicted octanol–water partition coefficient (Wildman–Crippen LogP) is 6.00. The molecule has 5 rings (SSSR count). The number of nitrogens with zero attached hydrogens (tertiary/aromatic N) is 1. The topological polar surface area (TPSA) is 29.5 Å². The number of ketones is 1. The molecule has 1 saturated heterocycles. The fraction of sp³-hybridized carbons (Fsp3) is 0.679. The third kappa shape index (κ3) is 4.53. The maximum atomic E-state index is 13.4. The second kappa shape index (κ2) is 9.29. The van der Waals surface area contributed by atoms with Gasteiger partial charge in [0.25, 0.3) is 0 Å². The van der Waals surface area contributed by atoms with E-state index in [9.17, 15) is 9.18 Å². The molecular formula is C28H38FNO2. The van der Waals surface area contributed by atoms with Crippen LogP contribution in [0.5, 0.6) is 0 Å². The fourth-order valence-electron chi connectivity index (χ4n) is 7.05. The monoisotopic (exact) mass is 439 g/mol. The summed E-state index contributed by atoms with van der Waals surface area (Å²) in [5.74, 6) is 3.31. The first kappa shape index (κ1) is 22.1. The van der Waals surface area contributed by atoms with Crippen molar-refractivity contribution in [2.45, 2.75) is 64.8 Å². The van der Waals surface area contributed by atoms with Crippen molar-refractivity contribution >= 4 is 5.78 Å².